The summed E-state index contributed by atoms with van der Waals surface area (Å²) in [5.41, 5.74) is 12.1. The van der Waals surface area contributed by atoms with Crippen LogP contribution in [0.4, 0.5) is 4.79 Å². The van der Waals surface area contributed by atoms with Gasteiger partial charge in [0.2, 0.25) is 0 Å². The maximum atomic E-state index is 11.8. The largest absolute Gasteiger partial charge is 0.333 e. The molecular formula is C11H18N4O. The number of nitrogens with two attached hydrogens (primary N) is 2. The van der Waals surface area contributed by atoms with Gasteiger partial charge in [-0.15, -0.1) is 0 Å². The van der Waals surface area contributed by atoms with E-state index in [9.17, 15) is 4.79 Å². The molecule has 0 atom stereocenters. The van der Waals surface area contributed by atoms with Crippen molar-refractivity contribution in [1.82, 2.24) is 10.6 Å². The molecule has 5 heteroatoms. The van der Waals surface area contributed by atoms with E-state index in [0.29, 0.717) is 0 Å². The van der Waals surface area contributed by atoms with Crippen LogP contribution in [0.25, 0.3) is 0 Å². The Bertz CT molecular complexity index is 329. The minimum Gasteiger partial charge on any atom is -0.333 e. The van der Waals surface area contributed by atoms with Gasteiger partial charge in [0.15, 0.2) is 0 Å². The van der Waals surface area contributed by atoms with Crippen LogP contribution in [0.3, 0.4) is 0 Å². The van der Waals surface area contributed by atoms with Gasteiger partial charge in [0.25, 0.3) is 0 Å². The first-order valence-electron chi connectivity index (χ1n) is 6.02. The van der Waals surface area contributed by atoms with Crippen molar-refractivity contribution in [3.63, 3.8) is 0 Å². The molecule has 0 aromatic rings. The molecule has 6 N–H and O–H groups in total. The second kappa shape index (κ2) is 2.11. The van der Waals surface area contributed by atoms with Crippen molar-refractivity contribution in [2.45, 2.75) is 60.7 Å². The fourth-order valence-electron chi connectivity index (χ4n) is 4.51. The first-order valence-corrected chi connectivity index (χ1v) is 6.02. The molecular weight excluding hydrogens is 204 g/mol. The summed E-state index contributed by atoms with van der Waals surface area (Å²) < 4.78 is 0. The fourth-order valence-corrected chi connectivity index (χ4v) is 4.51. The van der Waals surface area contributed by atoms with Crippen LogP contribution in [0.2, 0.25) is 0 Å². The summed E-state index contributed by atoms with van der Waals surface area (Å²) in [4.78, 5) is 11.8. The lowest BCUT2D eigenvalue weighted by Crippen LogP contribution is -2.86. The van der Waals surface area contributed by atoms with Crippen molar-refractivity contribution in [3.8, 4) is 0 Å². The Kier molecular flexibility index (Phi) is 1.22. The van der Waals surface area contributed by atoms with Gasteiger partial charge in [0, 0.05) is 22.2 Å². The molecule has 2 amide bonds. The zero-order chi connectivity index (χ0) is 11.2. The zero-order valence-electron chi connectivity index (χ0n) is 9.31. The van der Waals surface area contributed by atoms with E-state index in [1.54, 1.807) is 0 Å². The predicted octanol–water partition coefficient (Wildman–Crippen LogP) is -0.447. The summed E-state index contributed by atoms with van der Waals surface area (Å²) in [7, 11) is 0. The number of nitrogens with one attached hydrogen (secondary N) is 2. The van der Waals surface area contributed by atoms with Crippen molar-refractivity contribution in [2.24, 2.45) is 11.5 Å². The number of hydrogen-bond acceptors (Lipinski definition) is 3. The Morgan fingerprint density at radius 2 is 1.12 bits per heavy atom. The number of carbonyl (C=O) groups is 1. The molecule has 0 aliphatic heterocycles. The summed E-state index contributed by atoms with van der Waals surface area (Å²) in [6, 6.07) is -0.0245. The summed E-state index contributed by atoms with van der Waals surface area (Å²) in [6.07, 6.45) is 5.67. The van der Waals surface area contributed by atoms with E-state index >= 15 is 0 Å². The molecule has 5 nitrogen and oxygen atoms in total. The smallest absolute Gasteiger partial charge is 0.315 e. The van der Waals surface area contributed by atoms with Crippen LogP contribution in [-0.4, -0.2) is 28.2 Å². The standard InChI is InChI=1S/C11H18N4O/c12-8-1-10(2-8,3-8)14-7(16)15-11-4-9(13,5-11)6-11/h1-6,12-13H2,(H2,14,15,16). The minimum atomic E-state index is -0.0245. The molecule has 0 aromatic heterocycles. The Balaban J connectivity index is 1.32. The van der Waals surface area contributed by atoms with Crippen LogP contribution in [0, 0.1) is 0 Å². The maximum Gasteiger partial charge on any atom is 0.315 e. The molecule has 0 heterocycles. The van der Waals surface area contributed by atoms with Crippen molar-refractivity contribution in [3.05, 3.63) is 0 Å². The van der Waals surface area contributed by atoms with E-state index in [-0.39, 0.29) is 28.2 Å². The van der Waals surface area contributed by atoms with Crippen LogP contribution >= 0.6 is 0 Å². The normalized spacial score (nSPS) is 59.6. The third kappa shape index (κ3) is 0.960. The molecule has 0 spiro atoms. The first-order chi connectivity index (χ1) is 7.34. The van der Waals surface area contributed by atoms with Gasteiger partial charge in [-0.25, -0.2) is 4.79 Å². The van der Waals surface area contributed by atoms with E-state index in [0.717, 1.165) is 38.5 Å². The highest BCUT2D eigenvalue weighted by Crippen LogP contribution is 2.60. The molecule has 6 rings (SSSR count). The molecule has 0 aromatic carbocycles. The summed E-state index contributed by atoms with van der Waals surface area (Å²) in [5.74, 6) is 0. The van der Waals surface area contributed by atoms with E-state index in [4.69, 9.17) is 11.5 Å². The highest BCUT2D eigenvalue weighted by atomic mass is 16.2. The average molecular weight is 222 g/mol. The number of rotatable bonds is 2. The monoisotopic (exact) mass is 222 g/mol. The Morgan fingerprint density at radius 1 is 0.812 bits per heavy atom. The van der Waals surface area contributed by atoms with Gasteiger partial charge in [0.05, 0.1) is 0 Å². The van der Waals surface area contributed by atoms with Gasteiger partial charge in [-0.3, -0.25) is 0 Å². The van der Waals surface area contributed by atoms with E-state index < -0.39 is 0 Å². The van der Waals surface area contributed by atoms with Crippen molar-refractivity contribution < 1.29 is 4.79 Å². The molecule has 6 fully saturated rings. The first kappa shape index (κ1) is 9.24. The van der Waals surface area contributed by atoms with Gasteiger partial charge < -0.3 is 22.1 Å². The molecule has 0 unspecified atom stereocenters. The quantitative estimate of drug-likeness (QED) is 0.510. The lowest BCUT2D eigenvalue weighted by atomic mass is 9.44. The average Bonchev–Trinajstić information content (AvgIpc) is 1.94. The van der Waals surface area contributed by atoms with Gasteiger partial charge in [-0.05, 0) is 38.5 Å². The fraction of sp³-hybridized carbons (Fsp3) is 0.909. The lowest BCUT2D eigenvalue weighted by molar-refractivity contribution is -0.0831. The summed E-state index contributed by atoms with van der Waals surface area (Å²) in [5, 5.41) is 6.15. The second-order valence-corrected chi connectivity index (χ2v) is 6.93. The zero-order valence-corrected chi connectivity index (χ0v) is 9.31. The predicted molar refractivity (Wildman–Crippen MR) is 58.7 cm³/mol. The molecule has 16 heavy (non-hydrogen) atoms. The highest BCUT2D eigenvalue weighted by molar-refractivity contribution is 5.77. The van der Waals surface area contributed by atoms with Gasteiger partial charge in [-0.2, -0.15) is 0 Å². The topological polar surface area (TPSA) is 93.2 Å². The number of carbonyl (C=O) groups excluding carboxylic acids is 1. The van der Waals surface area contributed by atoms with Crippen LogP contribution in [0.15, 0.2) is 0 Å². The van der Waals surface area contributed by atoms with Gasteiger partial charge >= 0.3 is 6.03 Å². The van der Waals surface area contributed by atoms with E-state index in [1.807, 2.05) is 0 Å². The van der Waals surface area contributed by atoms with Gasteiger partial charge in [-0.1, -0.05) is 0 Å². The van der Waals surface area contributed by atoms with E-state index in [2.05, 4.69) is 10.6 Å². The Labute approximate surface area is 94.3 Å². The lowest BCUT2D eigenvalue weighted by Gasteiger charge is -2.70. The number of urea groups is 1. The summed E-state index contributed by atoms with van der Waals surface area (Å²) >= 11 is 0. The SMILES string of the molecule is NC12CC(NC(=O)NC34CC(N)(C3)C4)(C1)C2. The number of hydrogen-bond donors (Lipinski definition) is 4. The Morgan fingerprint density at radius 3 is 1.38 bits per heavy atom. The third-order valence-electron chi connectivity index (χ3n) is 4.90. The summed E-state index contributed by atoms with van der Waals surface area (Å²) in [6.45, 7) is 0. The molecule has 0 saturated heterocycles. The second-order valence-electron chi connectivity index (χ2n) is 6.93. The molecule has 6 aliphatic rings. The van der Waals surface area contributed by atoms with Crippen LogP contribution in [0.1, 0.15) is 38.5 Å². The molecule has 6 saturated carbocycles. The minimum absolute atomic E-state index is 0.0245. The molecule has 4 bridgehead atoms. The molecule has 0 radical (unpaired) electrons. The van der Waals surface area contributed by atoms with Crippen molar-refractivity contribution in [1.29, 1.82) is 0 Å². The maximum absolute atomic E-state index is 11.8. The molecule has 88 valence electrons. The van der Waals surface area contributed by atoms with E-state index in [1.165, 1.54) is 0 Å². The highest BCUT2D eigenvalue weighted by Gasteiger charge is 2.69. The van der Waals surface area contributed by atoms with Crippen molar-refractivity contribution >= 4 is 6.03 Å². The van der Waals surface area contributed by atoms with Crippen LogP contribution < -0.4 is 22.1 Å². The molecule has 6 aliphatic carbocycles. The van der Waals surface area contributed by atoms with Gasteiger partial charge in [0.1, 0.15) is 0 Å². The van der Waals surface area contributed by atoms with Crippen molar-refractivity contribution in [2.75, 3.05) is 0 Å². The number of amides is 2. The van der Waals surface area contributed by atoms with Crippen LogP contribution in [0.5, 0.6) is 0 Å². The van der Waals surface area contributed by atoms with Crippen LogP contribution in [-0.2, 0) is 0 Å². The Hall–Kier alpha value is -0.810. The third-order valence-corrected chi connectivity index (χ3v) is 4.90.